The van der Waals surface area contributed by atoms with E-state index >= 15 is 0 Å². The molecule has 2 N–H and O–H groups in total. The Morgan fingerprint density at radius 1 is 1.47 bits per heavy atom. The largest absolute Gasteiger partial charge is 0.480 e. The van der Waals surface area contributed by atoms with Crippen LogP contribution < -0.4 is 0 Å². The first-order valence-corrected chi connectivity index (χ1v) is 4.52. The van der Waals surface area contributed by atoms with Gasteiger partial charge in [-0.3, -0.25) is 4.79 Å². The van der Waals surface area contributed by atoms with Crippen LogP contribution in [0.2, 0.25) is 0 Å². The van der Waals surface area contributed by atoms with Gasteiger partial charge in [-0.25, -0.2) is 4.79 Å². The van der Waals surface area contributed by atoms with Gasteiger partial charge in [0.05, 0.1) is 0 Å². The Bertz CT molecular complexity index is 368. The molecule has 0 saturated heterocycles. The lowest BCUT2D eigenvalue weighted by Crippen LogP contribution is -2.50. The minimum atomic E-state index is -1.22. The maximum atomic E-state index is 11.8. The third-order valence-electron chi connectivity index (χ3n) is 2.49. The van der Waals surface area contributed by atoms with Gasteiger partial charge in [-0.1, -0.05) is 0 Å². The van der Waals surface area contributed by atoms with Crippen molar-refractivity contribution in [1.29, 1.82) is 0 Å². The number of aromatic nitrogens is 1. The van der Waals surface area contributed by atoms with E-state index in [2.05, 4.69) is 4.98 Å². The first kappa shape index (κ1) is 11.3. The molecule has 0 atom stereocenters. The quantitative estimate of drug-likeness (QED) is 0.780. The molecule has 5 nitrogen and oxygen atoms in total. The maximum Gasteiger partial charge on any atom is 0.329 e. The van der Waals surface area contributed by atoms with Crippen molar-refractivity contribution in [2.75, 3.05) is 7.05 Å². The topological polar surface area (TPSA) is 73.4 Å². The second-order valence-corrected chi connectivity index (χ2v) is 3.81. The monoisotopic (exact) mass is 210 g/mol. The summed E-state index contributed by atoms with van der Waals surface area (Å²) in [5.41, 5.74) is -0.839. The van der Waals surface area contributed by atoms with Crippen LogP contribution in [-0.2, 0) is 4.79 Å². The molecule has 1 amide bonds. The number of rotatable bonds is 3. The highest BCUT2D eigenvalue weighted by Crippen LogP contribution is 2.15. The molecule has 0 spiro atoms. The van der Waals surface area contributed by atoms with Gasteiger partial charge in [0.25, 0.3) is 5.91 Å². The molecule has 82 valence electrons. The van der Waals surface area contributed by atoms with Gasteiger partial charge in [0, 0.05) is 13.2 Å². The summed E-state index contributed by atoms with van der Waals surface area (Å²) in [6, 6.07) is 3.30. The zero-order valence-corrected chi connectivity index (χ0v) is 8.94. The first-order chi connectivity index (χ1) is 6.87. The second-order valence-electron chi connectivity index (χ2n) is 3.81. The lowest BCUT2D eigenvalue weighted by Gasteiger charge is -2.31. The summed E-state index contributed by atoms with van der Waals surface area (Å²) in [7, 11) is 1.47. The molecule has 1 heterocycles. The number of H-pyrrole nitrogens is 1. The molecule has 0 aliphatic rings. The predicted octanol–water partition coefficient (Wildman–Crippen LogP) is 0.950. The zero-order chi connectivity index (χ0) is 11.6. The number of hydrogen-bond donors (Lipinski definition) is 2. The number of hydrogen-bond acceptors (Lipinski definition) is 2. The molecule has 0 radical (unpaired) electrons. The summed E-state index contributed by atoms with van der Waals surface area (Å²) < 4.78 is 0. The summed E-state index contributed by atoms with van der Waals surface area (Å²) in [6.45, 7) is 2.96. The van der Waals surface area contributed by atoms with Crippen molar-refractivity contribution >= 4 is 11.9 Å². The van der Waals surface area contributed by atoms with Crippen molar-refractivity contribution in [1.82, 2.24) is 9.88 Å². The smallest absolute Gasteiger partial charge is 0.329 e. The fourth-order valence-corrected chi connectivity index (χ4v) is 1.04. The van der Waals surface area contributed by atoms with E-state index in [1.807, 2.05) is 0 Å². The standard InChI is InChI=1S/C10H14N2O3/c1-10(2,9(14)15)12(3)8(13)7-5-4-6-11-7/h4-6,11H,1-3H3,(H,14,15). The predicted molar refractivity (Wildman–Crippen MR) is 54.6 cm³/mol. The zero-order valence-electron chi connectivity index (χ0n) is 8.94. The Labute approximate surface area is 87.7 Å². The van der Waals surface area contributed by atoms with Gasteiger partial charge in [0.15, 0.2) is 0 Å². The van der Waals surface area contributed by atoms with E-state index in [-0.39, 0.29) is 5.91 Å². The van der Waals surface area contributed by atoms with Crippen LogP contribution in [-0.4, -0.2) is 39.5 Å². The third kappa shape index (κ3) is 2.01. The number of aromatic amines is 1. The molecule has 15 heavy (non-hydrogen) atoms. The number of nitrogens with one attached hydrogen (secondary N) is 1. The van der Waals surface area contributed by atoms with E-state index in [0.29, 0.717) is 5.69 Å². The van der Waals surface area contributed by atoms with Crippen LogP contribution in [0.25, 0.3) is 0 Å². The van der Waals surface area contributed by atoms with Crippen LogP contribution >= 0.6 is 0 Å². The summed E-state index contributed by atoms with van der Waals surface area (Å²) in [6.07, 6.45) is 1.62. The molecule has 0 aliphatic heterocycles. The van der Waals surface area contributed by atoms with Crippen molar-refractivity contribution in [2.24, 2.45) is 0 Å². The Hall–Kier alpha value is -1.78. The molecule has 1 aromatic rings. The number of likely N-dealkylation sites (N-methyl/N-ethyl adjacent to an activating group) is 1. The lowest BCUT2D eigenvalue weighted by atomic mass is 10.0. The van der Waals surface area contributed by atoms with Crippen LogP contribution in [0.1, 0.15) is 24.3 Å². The van der Waals surface area contributed by atoms with Gasteiger partial charge in [-0.15, -0.1) is 0 Å². The molecule has 0 aliphatic carbocycles. The number of carboxylic acid groups (broad SMARTS) is 1. The molecule has 0 bridgehead atoms. The number of aliphatic carboxylic acids is 1. The Morgan fingerprint density at radius 2 is 2.07 bits per heavy atom. The SMILES string of the molecule is CN(C(=O)c1ccc[nH]1)C(C)(C)C(=O)O. The van der Waals surface area contributed by atoms with Gasteiger partial charge in [-0.05, 0) is 26.0 Å². The molecule has 0 aromatic carbocycles. The van der Waals surface area contributed by atoms with Crippen molar-refractivity contribution in [3.05, 3.63) is 24.0 Å². The summed E-state index contributed by atoms with van der Waals surface area (Å²) in [4.78, 5) is 26.7. The minimum absolute atomic E-state index is 0.340. The average Bonchev–Trinajstić information content (AvgIpc) is 2.67. The van der Waals surface area contributed by atoms with Gasteiger partial charge >= 0.3 is 5.97 Å². The number of carbonyl (C=O) groups excluding carboxylic acids is 1. The maximum absolute atomic E-state index is 11.8. The van der Waals surface area contributed by atoms with Crippen LogP contribution in [0, 0.1) is 0 Å². The summed E-state index contributed by atoms with van der Waals surface area (Å²) in [5.74, 6) is -1.38. The number of carboxylic acids is 1. The Balaban J connectivity index is 2.91. The molecule has 0 saturated carbocycles. The molecule has 1 rings (SSSR count). The highest BCUT2D eigenvalue weighted by atomic mass is 16.4. The van der Waals surface area contributed by atoms with Gasteiger partial charge < -0.3 is 15.0 Å². The molecule has 1 aromatic heterocycles. The minimum Gasteiger partial charge on any atom is -0.480 e. The molecule has 5 heteroatoms. The highest BCUT2D eigenvalue weighted by molar-refractivity contribution is 5.96. The van der Waals surface area contributed by atoms with Crippen molar-refractivity contribution in [3.8, 4) is 0 Å². The van der Waals surface area contributed by atoms with Crippen LogP contribution in [0.4, 0.5) is 0 Å². The van der Waals surface area contributed by atoms with Crippen LogP contribution in [0.15, 0.2) is 18.3 Å². The molecular weight excluding hydrogens is 196 g/mol. The Morgan fingerprint density at radius 3 is 2.47 bits per heavy atom. The van der Waals surface area contributed by atoms with E-state index < -0.39 is 11.5 Å². The van der Waals surface area contributed by atoms with Crippen LogP contribution in [0.5, 0.6) is 0 Å². The van der Waals surface area contributed by atoms with Crippen molar-refractivity contribution in [3.63, 3.8) is 0 Å². The number of nitrogens with zero attached hydrogens (tertiary/aromatic N) is 1. The van der Waals surface area contributed by atoms with Crippen molar-refractivity contribution < 1.29 is 14.7 Å². The molecule has 0 fully saturated rings. The van der Waals surface area contributed by atoms with E-state index in [1.165, 1.54) is 25.8 Å². The number of amides is 1. The molecular formula is C10H14N2O3. The van der Waals surface area contributed by atoms with E-state index in [0.717, 1.165) is 0 Å². The lowest BCUT2D eigenvalue weighted by molar-refractivity contribution is -0.147. The van der Waals surface area contributed by atoms with Gasteiger partial charge in [-0.2, -0.15) is 0 Å². The van der Waals surface area contributed by atoms with E-state index in [9.17, 15) is 9.59 Å². The van der Waals surface area contributed by atoms with Crippen LogP contribution in [0.3, 0.4) is 0 Å². The fraction of sp³-hybridized carbons (Fsp3) is 0.400. The first-order valence-electron chi connectivity index (χ1n) is 4.52. The van der Waals surface area contributed by atoms with Gasteiger partial charge in [0.2, 0.25) is 0 Å². The average molecular weight is 210 g/mol. The highest BCUT2D eigenvalue weighted by Gasteiger charge is 2.35. The number of carbonyl (C=O) groups is 2. The molecule has 0 unspecified atom stereocenters. The summed E-state index contributed by atoms with van der Waals surface area (Å²) in [5, 5.41) is 8.95. The Kier molecular flexibility index (Phi) is 2.83. The third-order valence-corrected chi connectivity index (χ3v) is 2.49. The second kappa shape index (κ2) is 3.76. The van der Waals surface area contributed by atoms with E-state index in [4.69, 9.17) is 5.11 Å². The van der Waals surface area contributed by atoms with Crippen molar-refractivity contribution in [2.45, 2.75) is 19.4 Å². The normalized spacial score (nSPS) is 11.1. The van der Waals surface area contributed by atoms with Gasteiger partial charge in [0.1, 0.15) is 11.2 Å². The van der Waals surface area contributed by atoms with E-state index in [1.54, 1.807) is 18.3 Å². The summed E-state index contributed by atoms with van der Waals surface area (Å²) >= 11 is 0. The fourth-order valence-electron chi connectivity index (χ4n) is 1.04.